The van der Waals surface area contributed by atoms with Crippen LogP contribution in [0.5, 0.6) is 5.75 Å². The summed E-state index contributed by atoms with van der Waals surface area (Å²) in [6.45, 7) is 0. The number of rotatable bonds is 5. The number of nitrogens with zero attached hydrogens (tertiary/aromatic N) is 4. The lowest BCUT2D eigenvalue weighted by Gasteiger charge is -2.44. The Morgan fingerprint density at radius 3 is 1.67 bits per heavy atom. The van der Waals surface area contributed by atoms with Crippen LogP contribution in [0.15, 0.2) is 142 Å². The molecule has 0 spiro atoms. The van der Waals surface area contributed by atoms with Crippen LogP contribution in [0, 0.1) is 29.6 Å². The van der Waals surface area contributed by atoms with Crippen molar-refractivity contribution in [3.8, 4) is 28.7 Å². The molecule has 2 aromatic heterocycles. The number of allylic oxidation sites excluding steroid dienone is 2. The predicted molar refractivity (Wildman–Crippen MR) is 209 cm³/mol. The third-order valence-corrected chi connectivity index (χ3v) is 12.2. The molecular weight excluding hydrogens is 721 g/mol. The van der Waals surface area contributed by atoms with E-state index in [9.17, 15) is 24.3 Å². The lowest BCUT2D eigenvalue weighted by Crippen LogP contribution is -2.43. The molecule has 2 saturated heterocycles. The van der Waals surface area contributed by atoms with Crippen molar-refractivity contribution in [2.24, 2.45) is 29.6 Å². The van der Waals surface area contributed by atoms with Gasteiger partial charge in [0.2, 0.25) is 35.4 Å². The topological polar surface area (TPSA) is 147 Å². The van der Waals surface area contributed by atoms with E-state index in [1.165, 1.54) is 9.80 Å². The number of phenols is 1. The number of phenolic OH excluding ortho intramolecular Hbond substituents is 1. The Hall–Kier alpha value is -7.14. The minimum absolute atomic E-state index is 0.0310. The Bertz CT molecular complexity index is 2790. The third-order valence-electron chi connectivity index (χ3n) is 12.2. The minimum atomic E-state index is -0.766. The molecule has 0 radical (unpaired) electrons. The maximum atomic E-state index is 14.6. The quantitative estimate of drug-likeness (QED) is 0.136. The number of anilines is 2. The van der Waals surface area contributed by atoms with Crippen LogP contribution in [0.3, 0.4) is 0 Å². The highest BCUT2D eigenvalue weighted by atomic mass is 16.4. The number of carbonyl (C=O) groups excluding carboxylic acids is 4. The van der Waals surface area contributed by atoms with Crippen molar-refractivity contribution in [2.75, 3.05) is 9.80 Å². The molecule has 11 rings (SSSR count). The highest BCUT2D eigenvalue weighted by Crippen LogP contribution is 2.58. The molecule has 4 amide bonds. The summed E-state index contributed by atoms with van der Waals surface area (Å²) < 4.78 is 11.9. The Morgan fingerprint density at radius 1 is 0.561 bits per heavy atom. The number of hydrogen-bond acceptors (Lipinski definition) is 9. The number of aromatic nitrogens is 2. The number of carbonyl (C=O) groups is 4. The fraction of sp³-hybridized carbons (Fsp3) is 0.174. The van der Waals surface area contributed by atoms with Crippen LogP contribution in [-0.4, -0.2) is 38.7 Å². The molecule has 11 nitrogen and oxygen atoms in total. The lowest BCUT2D eigenvalue weighted by molar-refractivity contribution is -0.126. The van der Waals surface area contributed by atoms with Crippen LogP contribution < -0.4 is 9.80 Å². The third kappa shape index (κ3) is 5.04. The van der Waals surface area contributed by atoms with Crippen molar-refractivity contribution in [2.45, 2.75) is 18.8 Å². The monoisotopic (exact) mass is 752 g/mol. The number of amides is 4. The fourth-order valence-electron chi connectivity index (χ4n) is 9.69. The molecule has 2 aliphatic carbocycles. The maximum Gasteiger partial charge on any atom is 0.238 e. The van der Waals surface area contributed by atoms with Crippen molar-refractivity contribution in [1.82, 2.24) is 9.97 Å². The second-order valence-corrected chi connectivity index (χ2v) is 15.2. The average Bonchev–Trinajstić information content (AvgIpc) is 3.99. The number of para-hydroxylation sites is 4. The zero-order valence-corrected chi connectivity index (χ0v) is 30.2. The first-order valence-corrected chi connectivity index (χ1v) is 19.0. The van der Waals surface area contributed by atoms with Gasteiger partial charge in [0.15, 0.2) is 11.2 Å². The van der Waals surface area contributed by atoms with Gasteiger partial charge in [-0.2, -0.15) is 0 Å². The molecule has 4 aliphatic rings. The molecule has 278 valence electrons. The molecule has 57 heavy (non-hydrogen) atoms. The highest BCUT2D eigenvalue weighted by Gasteiger charge is 2.62. The molecule has 5 aromatic carbocycles. The molecule has 2 aliphatic heterocycles. The minimum Gasteiger partial charge on any atom is -0.508 e. The molecule has 11 heteroatoms. The summed E-state index contributed by atoms with van der Waals surface area (Å²) in [5.41, 5.74) is 6.56. The number of hydrogen-bond donors (Lipinski definition) is 1. The van der Waals surface area contributed by atoms with Crippen LogP contribution >= 0.6 is 0 Å². The molecule has 0 bridgehead atoms. The second-order valence-electron chi connectivity index (χ2n) is 15.2. The van der Waals surface area contributed by atoms with Crippen LogP contribution in [-0.2, 0) is 19.2 Å². The first-order valence-electron chi connectivity index (χ1n) is 19.0. The van der Waals surface area contributed by atoms with E-state index in [4.69, 9.17) is 8.83 Å². The smallest absolute Gasteiger partial charge is 0.238 e. The van der Waals surface area contributed by atoms with Crippen LogP contribution in [0.25, 0.3) is 45.1 Å². The zero-order chi connectivity index (χ0) is 38.5. The van der Waals surface area contributed by atoms with Crippen molar-refractivity contribution in [3.05, 3.63) is 139 Å². The van der Waals surface area contributed by atoms with E-state index >= 15 is 0 Å². The first kappa shape index (κ1) is 33.2. The summed E-state index contributed by atoms with van der Waals surface area (Å²) in [6.07, 6.45) is 2.55. The van der Waals surface area contributed by atoms with Gasteiger partial charge >= 0.3 is 0 Å². The molecule has 7 aromatic rings. The van der Waals surface area contributed by atoms with Gasteiger partial charge in [0, 0.05) is 17.0 Å². The SMILES string of the molecule is O=C1C2CC=C3C(CC4C(=O)N(c5ccc(-c6nc7ccccc7o6)cc5)C(=O)C4C3c3cccc(O)c3)C2C(=O)N1c1ccc(-c2nc3ccccc3o2)cc1. The second kappa shape index (κ2) is 12.4. The number of imide groups is 2. The van der Waals surface area contributed by atoms with E-state index in [0.717, 1.165) is 16.6 Å². The van der Waals surface area contributed by atoms with E-state index < -0.39 is 35.5 Å². The van der Waals surface area contributed by atoms with Crippen molar-refractivity contribution >= 4 is 57.2 Å². The van der Waals surface area contributed by atoms with Crippen LogP contribution in [0.1, 0.15) is 24.3 Å². The van der Waals surface area contributed by atoms with Crippen LogP contribution in [0.2, 0.25) is 0 Å². The molecular formula is C46H32N4O7. The predicted octanol–water partition coefficient (Wildman–Crippen LogP) is 8.05. The Kier molecular flexibility index (Phi) is 7.25. The average molecular weight is 753 g/mol. The van der Waals surface area contributed by atoms with Crippen LogP contribution in [0.4, 0.5) is 11.4 Å². The highest BCUT2D eigenvalue weighted by molar-refractivity contribution is 6.24. The Morgan fingerprint density at radius 2 is 1.11 bits per heavy atom. The van der Waals surface area contributed by atoms with Gasteiger partial charge in [-0.1, -0.05) is 48.0 Å². The van der Waals surface area contributed by atoms with E-state index in [1.807, 2.05) is 60.7 Å². The number of fused-ring (bicyclic) bond motifs is 6. The van der Waals surface area contributed by atoms with E-state index in [1.54, 1.807) is 66.7 Å². The standard InChI is InChI=1S/C46H32N4O7/c51-29-7-5-6-26(22-29)38-30-20-21-31-39(45(54)49(43(31)52)27-16-12-24(13-17-27)41-47-34-8-1-3-10-36(34)56-41)32(30)23-33-40(38)46(55)50(44(33)53)28-18-14-25(15-19-28)42-48-35-9-2-4-11-37(35)57-42/h1-20,22,31-33,38-40,51H,21,23H2. The van der Waals surface area contributed by atoms with Gasteiger partial charge in [-0.15, -0.1) is 0 Å². The molecule has 6 atom stereocenters. The Balaban J connectivity index is 0.921. The summed E-state index contributed by atoms with van der Waals surface area (Å²) in [4.78, 5) is 69.4. The molecule has 1 saturated carbocycles. The summed E-state index contributed by atoms with van der Waals surface area (Å²) >= 11 is 0. The van der Waals surface area contributed by atoms with Crippen molar-refractivity contribution < 1.29 is 33.1 Å². The largest absolute Gasteiger partial charge is 0.508 e. The van der Waals surface area contributed by atoms with Crippen molar-refractivity contribution in [1.29, 1.82) is 0 Å². The van der Waals surface area contributed by atoms with E-state index in [-0.39, 0.29) is 35.8 Å². The normalized spacial score (nSPS) is 24.2. The summed E-state index contributed by atoms with van der Waals surface area (Å²) in [5.74, 6) is -4.35. The van der Waals surface area contributed by atoms with Gasteiger partial charge < -0.3 is 13.9 Å². The van der Waals surface area contributed by atoms with Gasteiger partial charge in [0.05, 0.1) is 35.0 Å². The number of benzene rings is 5. The lowest BCUT2D eigenvalue weighted by atomic mass is 9.57. The molecule has 3 fully saturated rings. The van der Waals surface area contributed by atoms with Gasteiger partial charge in [0.25, 0.3) is 0 Å². The van der Waals surface area contributed by atoms with E-state index in [2.05, 4.69) is 9.97 Å². The van der Waals surface area contributed by atoms with Gasteiger partial charge in [-0.3, -0.25) is 29.0 Å². The molecule has 4 heterocycles. The number of aromatic hydroxyl groups is 1. The zero-order valence-electron chi connectivity index (χ0n) is 30.2. The molecule has 1 N–H and O–H groups in total. The van der Waals surface area contributed by atoms with Gasteiger partial charge in [0.1, 0.15) is 16.8 Å². The summed E-state index contributed by atoms with van der Waals surface area (Å²) in [7, 11) is 0. The molecule has 6 unspecified atom stereocenters. The van der Waals surface area contributed by atoms with Gasteiger partial charge in [-0.25, -0.2) is 9.97 Å². The van der Waals surface area contributed by atoms with E-state index in [0.29, 0.717) is 57.4 Å². The number of oxazole rings is 2. The first-order chi connectivity index (χ1) is 27.8. The fourth-order valence-corrected chi connectivity index (χ4v) is 9.69. The van der Waals surface area contributed by atoms with Gasteiger partial charge in [-0.05, 0) is 109 Å². The Labute approximate surface area is 324 Å². The van der Waals surface area contributed by atoms with Crippen molar-refractivity contribution in [3.63, 3.8) is 0 Å². The summed E-state index contributed by atoms with van der Waals surface area (Å²) in [6, 6.07) is 35.7. The summed E-state index contributed by atoms with van der Waals surface area (Å²) in [5, 5.41) is 10.6. The maximum absolute atomic E-state index is 14.6.